The summed E-state index contributed by atoms with van der Waals surface area (Å²) in [5.41, 5.74) is 0.988. The summed E-state index contributed by atoms with van der Waals surface area (Å²) in [4.78, 5) is 5.46. The predicted octanol–water partition coefficient (Wildman–Crippen LogP) is 3.61. The molecule has 0 unspecified atom stereocenters. The first-order valence-corrected chi connectivity index (χ1v) is 5.51. The maximum absolute atomic E-state index is 5.83. The molecule has 13 heavy (non-hydrogen) atoms. The van der Waals surface area contributed by atoms with Crippen molar-refractivity contribution >= 4 is 34.3 Å². The van der Waals surface area contributed by atoms with E-state index in [-0.39, 0.29) is 0 Å². The van der Waals surface area contributed by atoms with Gasteiger partial charge in [-0.3, -0.25) is 0 Å². The van der Waals surface area contributed by atoms with Crippen LogP contribution in [0.25, 0.3) is 10.9 Å². The van der Waals surface area contributed by atoms with Crippen molar-refractivity contribution in [3.8, 4) is 0 Å². The Bertz CT molecular complexity index is 442. The van der Waals surface area contributed by atoms with E-state index in [0.29, 0.717) is 5.15 Å². The Labute approximate surface area is 86.1 Å². The Balaban J connectivity index is 2.79. The van der Waals surface area contributed by atoms with Gasteiger partial charge >= 0.3 is 0 Å². The number of para-hydroxylation sites is 1. The number of pyridine rings is 1. The molecule has 0 aliphatic carbocycles. The quantitative estimate of drug-likeness (QED) is 0.526. The first kappa shape index (κ1) is 8.85. The monoisotopic (exact) mass is 209 g/mol. The number of hydrogen-bond donors (Lipinski definition) is 0. The van der Waals surface area contributed by atoms with Crippen molar-refractivity contribution < 1.29 is 0 Å². The second kappa shape index (κ2) is 3.56. The molecule has 0 radical (unpaired) electrons. The molecule has 2 aromatic rings. The van der Waals surface area contributed by atoms with Gasteiger partial charge in [0.1, 0.15) is 5.15 Å². The van der Waals surface area contributed by atoms with E-state index in [4.69, 9.17) is 11.6 Å². The molecule has 2 rings (SSSR count). The summed E-state index contributed by atoms with van der Waals surface area (Å²) in [6.07, 6.45) is 2.04. The van der Waals surface area contributed by atoms with Crippen LogP contribution in [0.4, 0.5) is 0 Å². The number of benzene rings is 1. The third kappa shape index (κ3) is 1.64. The summed E-state index contributed by atoms with van der Waals surface area (Å²) in [6.45, 7) is 0. The molecule has 1 heterocycles. The molecule has 1 nitrogen and oxygen atoms in total. The molecule has 0 atom stereocenters. The van der Waals surface area contributed by atoms with Crippen LogP contribution < -0.4 is 0 Å². The lowest BCUT2D eigenvalue weighted by molar-refractivity contribution is 1.35. The minimum atomic E-state index is 0.550. The molecule has 0 aliphatic rings. The largest absolute Gasteiger partial charge is 0.235 e. The minimum absolute atomic E-state index is 0.550. The second-order valence-corrected chi connectivity index (χ2v) is 3.90. The smallest absolute Gasteiger partial charge is 0.129 e. The highest BCUT2D eigenvalue weighted by Gasteiger charge is 2.00. The molecule has 0 saturated carbocycles. The molecule has 66 valence electrons. The van der Waals surface area contributed by atoms with Crippen molar-refractivity contribution in [2.24, 2.45) is 0 Å². The Morgan fingerprint density at radius 1 is 1.23 bits per heavy atom. The molecule has 0 fully saturated rings. The van der Waals surface area contributed by atoms with Crippen LogP contribution in [0.15, 0.2) is 35.2 Å². The second-order valence-electron chi connectivity index (χ2n) is 2.67. The summed E-state index contributed by atoms with van der Waals surface area (Å²) < 4.78 is 0. The molecular formula is C10H8ClNS. The van der Waals surface area contributed by atoms with Gasteiger partial charge in [-0.25, -0.2) is 4.98 Å². The average Bonchev–Trinajstić information content (AvgIpc) is 2.17. The van der Waals surface area contributed by atoms with Gasteiger partial charge in [0, 0.05) is 10.3 Å². The van der Waals surface area contributed by atoms with Crippen LogP contribution in [-0.4, -0.2) is 11.2 Å². The van der Waals surface area contributed by atoms with Crippen LogP contribution in [0.5, 0.6) is 0 Å². The zero-order valence-corrected chi connectivity index (χ0v) is 8.69. The van der Waals surface area contributed by atoms with E-state index in [2.05, 4.69) is 11.1 Å². The Morgan fingerprint density at radius 2 is 2.08 bits per heavy atom. The highest BCUT2D eigenvalue weighted by Crippen LogP contribution is 2.25. The predicted molar refractivity (Wildman–Crippen MR) is 58.5 cm³/mol. The van der Waals surface area contributed by atoms with Gasteiger partial charge in [0.15, 0.2) is 0 Å². The van der Waals surface area contributed by atoms with Crippen LogP contribution in [0.3, 0.4) is 0 Å². The number of fused-ring (bicyclic) bond motifs is 1. The summed E-state index contributed by atoms with van der Waals surface area (Å²) in [5, 5.41) is 1.69. The molecule has 0 bridgehead atoms. The molecule has 0 N–H and O–H groups in total. The SMILES string of the molecule is CSc1cccc2ccc(Cl)nc12. The van der Waals surface area contributed by atoms with Gasteiger partial charge in [-0.2, -0.15) is 0 Å². The fraction of sp³-hybridized carbons (Fsp3) is 0.100. The van der Waals surface area contributed by atoms with Gasteiger partial charge in [-0.05, 0) is 24.5 Å². The van der Waals surface area contributed by atoms with E-state index in [9.17, 15) is 0 Å². The number of aromatic nitrogens is 1. The lowest BCUT2D eigenvalue weighted by Gasteiger charge is -2.02. The zero-order chi connectivity index (χ0) is 9.26. The number of hydrogen-bond acceptors (Lipinski definition) is 2. The van der Waals surface area contributed by atoms with E-state index in [0.717, 1.165) is 10.9 Å². The minimum Gasteiger partial charge on any atom is -0.235 e. The fourth-order valence-electron chi connectivity index (χ4n) is 1.26. The summed E-state index contributed by atoms with van der Waals surface area (Å²) in [6, 6.07) is 9.93. The molecule has 0 spiro atoms. The molecule has 0 saturated heterocycles. The number of nitrogens with zero attached hydrogens (tertiary/aromatic N) is 1. The Hall–Kier alpha value is -0.730. The lowest BCUT2D eigenvalue weighted by Crippen LogP contribution is -1.81. The maximum Gasteiger partial charge on any atom is 0.129 e. The van der Waals surface area contributed by atoms with Crippen molar-refractivity contribution in [2.45, 2.75) is 4.90 Å². The van der Waals surface area contributed by atoms with Gasteiger partial charge in [0.25, 0.3) is 0 Å². The van der Waals surface area contributed by atoms with Crippen LogP contribution in [0.2, 0.25) is 5.15 Å². The zero-order valence-electron chi connectivity index (χ0n) is 7.12. The van der Waals surface area contributed by atoms with Crippen molar-refractivity contribution in [3.63, 3.8) is 0 Å². The molecule has 0 aliphatic heterocycles. The standard InChI is InChI=1S/C10H8ClNS/c1-13-8-4-2-3-7-5-6-9(11)12-10(7)8/h2-6H,1H3. The van der Waals surface area contributed by atoms with E-state index in [1.54, 1.807) is 11.8 Å². The van der Waals surface area contributed by atoms with Gasteiger partial charge in [0.2, 0.25) is 0 Å². The van der Waals surface area contributed by atoms with Gasteiger partial charge in [-0.15, -0.1) is 11.8 Å². The van der Waals surface area contributed by atoms with Crippen LogP contribution in [-0.2, 0) is 0 Å². The number of thioether (sulfide) groups is 1. The Kier molecular flexibility index (Phi) is 2.42. The highest BCUT2D eigenvalue weighted by molar-refractivity contribution is 7.98. The highest BCUT2D eigenvalue weighted by atomic mass is 35.5. The summed E-state index contributed by atoms with van der Waals surface area (Å²) in [7, 11) is 0. The number of rotatable bonds is 1. The summed E-state index contributed by atoms with van der Waals surface area (Å²) in [5.74, 6) is 0. The molecule has 3 heteroatoms. The molecular weight excluding hydrogens is 202 g/mol. The van der Waals surface area contributed by atoms with E-state index >= 15 is 0 Å². The Morgan fingerprint density at radius 3 is 2.85 bits per heavy atom. The van der Waals surface area contributed by atoms with Gasteiger partial charge in [-0.1, -0.05) is 23.7 Å². The van der Waals surface area contributed by atoms with Gasteiger partial charge in [0.05, 0.1) is 5.52 Å². The maximum atomic E-state index is 5.83. The van der Waals surface area contributed by atoms with Crippen molar-refractivity contribution in [1.82, 2.24) is 4.98 Å². The summed E-state index contributed by atoms with van der Waals surface area (Å²) >= 11 is 7.51. The molecule has 1 aromatic heterocycles. The van der Waals surface area contributed by atoms with Gasteiger partial charge < -0.3 is 0 Å². The normalized spacial score (nSPS) is 10.6. The van der Waals surface area contributed by atoms with E-state index < -0.39 is 0 Å². The van der Waals surface area contributed by atoms with Crippen LogP contribution in [0.1, 0.15) is 0 Å². The first-order valence-electron chi connectivity index (χ1n) is 3.90. The molecule has 0 amide bonds. The number of halogens is 1. The first-order chi connectivity index (χ1) is 6.31. The van der Waals surface area contributed by atoms with E-state index in [1.165, 1.54) is 4.90 Å². The fourth-order valence-corrected chi connectivity index (χ4v) is 1.98. The van der Waals surface area contributed by atoms with Crippen LogP contribution >= 0.6 is 23.4 Å². The van der Waals surface area contributed by atoms with E-state index in [1.807, 2.05) is 30.5 Å². The molecule has 1 aromatic carbocycles. The topological polar surface area (TPSA) is 12.9 Å². The van der Waals surface area contributed by atoms with Crippen molar-refractivity contribution in [2.75, 3.05) is 6.26 Å². The van der Waals surface area contributed by atoms with Crippen molar-refractivity contribution in [1.29, 1.82) is 0 Å². The van der Waals surface area contributed by atoms with Crippen LogP contribution in [0, 0.1) is 0 Å². The average molecular weight is 210 g/mol. The third-order valence-electron chi connectivity index (χ3n) is 1.87. The van der Waals surface area contributed by atoms with Crippen molar-refractivity contribution in [3.05, 3.63) is 35.5 Å². The third-order valence-corrected chi connectivity index (χ3v) is 2.85. The lowest BCUT2D eigenvalue weighted by atomic mass is 10.2.